The summed E-state index contributed by atoms with van der Waals surface area (Å²) in [6, 6.07) is 9.28. The van der Waals surface area contributed by atoms with Gasteiger partial charge in [0.05, 0.1) is 0 Å². The topological polar surface area (TPSA) is 68.8 Å². The van der Waals surface area contributed by atoms with Gasteiger partial charge >= 0.3 is 0 Å². The Labute approximate surface area is 163 Å². The smallest absolute Gasteiger partial charge is 0.251 e. The Morgan fingerprint density at radius 2 is 1.70 bits per heavy atom. The van der Waals surface area contributed by atoms with Crippen LogP contribution in [-0.2, 0) is 0 Å². The van der Waals surface area contributed by atoms with E-state index in [9.17, 15) is 4.79 Å². The molecule has 1 heterocycles. The van der Waals surface area contributed by atoms with Crippen molar-refractivity contribution in [3.8, 4) is 0 Å². The molecule has 0 saturated carbocycles. The molecule has 2 rings (SSSR count). The van der Waals surface area contributed by atoms with E-state index < -0.39 is 0 Å². The van der Waals surface area contributed by atoms with Crippen LogP contribution < -0.4 is 16.0 Å². The molecule has 6 heteroatoms. The predicted octanol–water partition coefficient (Wildman–Crippen LogP) is 2.24. The average Bonchev–Trinajstić information content (AvgIpc) is 2.97. The van der Waals surface area contributed by atoms with Crippen molar-refractivity contribution in [1.82, 2.24) is 20.9 Å². The first-order valence-electron chi connectivity index (χ1n) is 10.4. The van der Waals surface area contributed by atoms with E-state index in [-0.39, 0.29) is 5.91 Å². The standard InChI is InChI=1S/C21H35N5O/c1-2-22-21(24-13-10-18-26-16-8-3-4-9-17-26)25-15-14-23-20(27)19-11-6-5-7-12-19/h5-7,11-12H,2-4,8-10,13-18H2,1H3,(H,23,27)(H2,22,24,25). The van der Waals surface area contributed by atoms with Gasteiger partial charge in [0.25, 0.3) is 5.91 Å². The second kappa shape index (κ2) is 13.1. The monoisotopic (exact) mass is 373 g/mol. The summed E-state index contributed by atoms with van der Waals surface area (Å²) in [4.78, 5) is 19.2. The zero-order valence-corrected chi connectivity index (χ0v) is 16.7. The molecule has 1 amide bonds. The molecule has 0 unspecified atom stereocenters. The SMILES string of the molecule is CCNC(=NCCCN1CCCCCC1)NCCNC(=O)c1ccccc1. The summed E-state index contributed by atoms with van der Waals surface area (Å²) in [5.74, 6) is 0.777. The van der Waals surface area contributed by atoms with E-state index in [0.717, 1.165) is 32.0 Å². The molecule has 1 saturated heterocycles. The first-order valence-corrected chi connectivity index (χ1v) is 10.4. The quantitative estimate of drug-likeness (QED) is 0.353. The van der Waals surface area contributed by atoms with E-state index in [1.54, 1.807) is 0 Å². The Balaban J connectivity index is 1.63. The van der Waals surface area contributed by atoms with E-state index in [4.69, 9.17) is 0 Å². The Kier molecular flexibility index (Phi) is 10.3. The van der Waals surface area contributed by atoms with Crippen LogP contribution in [0.4, 0.5) is 0 Å². The second-order valence-electron chi connectivity index (χ2n) is 6.92. The number of nitrogens with one attached hydrogen (secondary N) is 3. The fraction of sp³-hybridized carbons (Fsp3) is 0.619. The van der Waals surface area contributed by atoms with Gasteiger partial charge in [-0.3, -0.25) is 9.79 Å². The van der Waals surface area contributed by atoms with Crippen LogP contribution in [0.3, 0.4) is 0 Å². The Morgan fingerprint density at radius 1 is 1.00 bits per heavy atom. The van der Waals surface area contributed by atoms with Gasteiger partial charge in [-0.2, -0.15) is 0 Å². The normalized spacial score (nSPS) is 15.8. The third kappa shape index (κ3) is 8.91. The molecular formula is C21H35N5O. The van der Waals surface area contributed by atoms with Gasteiger partial charge in [-0.1, -0.05) is 31.0 Å². The molecule has 27 heavy (non-hydrogen) atoms. The molecule has 3 N–H and O–H groups in total. The number of amides is 1. The van der Waals surface area contributed by atoms with Crippen LogP contribution in [0.15, 0.2) is 35.3 Å². The molecule has 0 radical (unpaired) electrons. The van der Waals surface area contributed by atoms with Crippen molar-refractivity contribution in [3.05, 3.63) is 35.9 Å². The van der Waals surface area contributed by atoms with E-state index in [1.807, 2.05) is 30.3 Å². The highest BCUT2D eigenvalue weighted by atomic mass is 16.1. The van der Waals surface area contributed by atoms with Crippen molar-refractivity contribution in [3.63, 3.8) is 0 Å². The molecule has 1 aliphatic rings. The molecule has 1 fully saturated rings. The summed E-state index contributed by atoms with van der Waals surface area (Å²) >= 11 is 0. The molecule has 0 spiro atoms. The highest BCUT2D eigenvalue weighted by molar-refractivity contribution is 5.94. The van der Waals surface area contributed by atoms with E-state index in [0.29, 0.717) is 18.7 Å². The minimum atomic E-state index is -0.0446. The Bertz CT molecular complexity index is 553. The summed E-state index contributed by atoms with van der Waals surface area (Å²) in [6.45, 7) is 8.53. The first kappa shape index (κ1) is 21.2. The van der Waals surface area contributed by atoms with Crippen LogP contribution in [-0.4, -0.2) is 62.6 Å². The zero-order valence-electron chi connectivity index (χ0n) is 16.7. The number of aliphatic imine (C=N–C) groups is 1. The second-order valence-corrected chi connectivity index (χ2v) is 6.92. The zero-order chi connectivity index (χ0) is 19.2. The molecule has 1 aliphatic heterocycles. The maximum Gasteiger partial charge on any atom is 0.251 e. The fourth-order valence-corrected chi connectivity index (χ4v) is 3.24. The number of carbonyl (C=O) groups is 1. The summed E-state index contributed by atoms with van der Waals surface area (Å²) < 4.78 is 0. The van der Waals surface area contributed by atoms with Gasteiger partial charge in [0.15, 0.2) is 5.96 Å². The molecule has 1 aromatic carbocycles. The van der Waals surface area contributed by atoms with Crippen molar-refractivity contribution in [2.75, 3.05) is 45.8 Å². The molecule has 0 atom stereocenters. The van der Waals surface area contributed by atoms with Gasteiger partial charge in [-0.05, 0) is 58.0 Å². The van der Waals surface area contributed by atoms with E-state index in [2.05, 4.69) is 32.8 Å². The first-order chi connectivity index (χ1) is 13.3. The van der Waals surface area contributed by atoms with Crippen LogP contribution in [0, 0.1) is 0 Å². The molecule has 0 bridgehead atoms. The average molecular weight is 374 g/mol. The molecule has 0 aromatic heterocycles. The van der Waals surface area contributed by atoms with Crippen molar-refractivity contribution in [2.45, 2.75) is 39.0 Å². The lowest BCUT2D eigenvalue weighted by atomic mass is 10.2. The lowest BCUT2D eigenvalue weighted by Gasteiger charge is -2.19. The van der Waals surface area contributed by atoms with Crippen LogP contribution >= 0.6 is 0 Å². The number of carbonyl (C=O) groups excluding carboxylic acids is 1. The minimum Gasteiger partial charge on any atom is -0.357 e. The van der Waals surface area contributed by atoms with Gasteiger partial charge in [0.1, 0.15) is 0 Å². The summed E-state index contributed by atoms with van der Waals surface area (Å²) in [5, 5.41) is 9.47. The predicted molar refractivity (Wildman–Crippen MR) is 112 cm³/mol. The number of benzene rings is 1. The highest BCUT2D eigenvalue weighted by Gasteiger charge is 2.08. The molecular weight excluding hydrogens is 338 g/mol. The molecule has 1 aromatic rings. The third-order valence-electron chi connectivity index (χ3n) is 4.68. The summed E-state index contributed by atoms with van der Waals surface area (Å²) in [7, 11) is 0. The van der Waals surface area contributed by atoms with Gasteiger partial charge in [0.2, 0.25) is 0 Å². The number of likely N-dealkylation sites (tertiary alicyclic amines) is 1. The van der Waals surface area contributed by atoms with Crippen LogP contribution in [0.25, 0.3) is 0 Å². The lowest BCUT2D eigenvalue weighted by molar-refractivity contribution is 0.0954. The minimum absolute atomic E-state index is 0.0446. The lowest BCUT2D eigenvalue weighted by Crippen LogP contribution is -2.41. The van der Waals surface area contributed by atoms with Crippen molar-refractivity contribution in [1.29, 1.82) is 0 Å². The molecule has 0 aliphatic carbocycles. The van der Waals surface area contributed by atoms with E-state index in [1.165, 1.54) is 38.8 Å². The number of nitrogens with zero attached hydrogens (tertiary/aromatic N) is 2. The number of hydrogen-bond donors (Lipinski definition) is 3. The van der Waals surface area contributed by atoms with Gasteiger partial charge in [-0.15, -0.1) is 0 Å². The fourth-order valence-electron chi connectivity index (χ4n) is 3.24. The number of guanidine groups is 1. The van der Waals surface area contributed by atoms with Crippen molar-refractivity contribution in [2.24, 2.45) is 4.99 Å². The molecule has 6 nitrogen and oxygen atoms in total. The van der Waals surface area contributed by atoms with Gasteiger partial charge in [-0.25, -0.2) is 0 Å². The Hall–Kier alpha value is -2.08. The molecule has 150 valence electrons. The Morgan fingerprint density at radius 3 is 2.41 bits per heavy atom. The number of hydrogen-bond acceptors (Lipinski definition) is 3. The largest absolute Gasteiger partial charge is 0.357 e. The van der Waals surface area contributed by atoms with Crippen molar-refractivity contribution < 1.29 is 4.79 Å². The summed E-state index contributed by atoms with van der Waals surface area (Å²) in [5.41, 5.74) is 0.687. The maximum absolute atomic E-state index is 12.0. The van der Waals surface area contributed by atoms with Crippen LogP contribution in [0.1, 0.15) is 49.4 Å². The van der Waals surface area contributed by atoms with Crippen molar-refractivity contribution >= 4 is 11.9 Å². The van der Waals surface area contributed by atoms with Crippen LogP contribution in [0.5, 0.6) is 0 Å². The van der Waals surface area contributed by atoms with Gasteiger partial charge in [0, 0.05) is 31.7 Å². The van der Waals surface area contributed by atoms with Gasteiger partial charge < -0.3 is 20.9 Å². The highest BCUT2D eigenvalue weighted by Crippen LogP contribution is 2.09. The van der Waals surface area contributed by atoms with Crippen LogP contribution in [0.2, 0.25) is 0 Å². The summed E-state index contributed by atoms with van der Waals surface area (Å²) in [6.07, 6.45) is 6.51. The van der Waals surface area contributed by atoms with E-state index >= 15 is 0 Å². The third-order valence-corrected chi connectivity index (χ3v) is 4.68. The number of rotatable bonds is 9. The maximum atomic E-state index is 12.0.